The topological polar surface area (TPSA) is 83.8 Å². The lowest BCUT2D eigenvalue weighted by Crippen LogP contribution is -2.65. The van der Waals surface area contributed by atoms with E-state index < -0.39 is 11.4 Å². The number of aliphatic carboxylic acids is 1. The van der Waals surface area contributed by atoms with Crippen LogP contribution in [0, 0.1) is 56.7 Å². The van der Waals surface area contributed by atoms with Crippen LogP contribution < -0.4 is 0 Å². The molecule has 5 aliphatic carbocycles. The van der Waals surface area contributed by atoms with Gasteiger partial charge < -0.3 is 14.9 Å². The first-order valence-corrected chi connectivity index (χ1v) is 17.2. The smallest absolute Gasteiger partial charge is 0.331 e. The number of phenolic OH excluding ortho intramolecular Hbond substituents is 1. The third-order valence-corrected chi connectivity index (χ3v) is 14.9. The number of phenols is 1. The first kappa shape index (κ1) is 31.4. The number of ether oxygens (including phenoxy) is 1. The Balaban J connectivity index is 1.27. The Kier molecular flexibility index (Phi) is 7.49. The van der Waals surface area contributed by atoms with Crippen LogP contribution in [-0.2, 0) is 14.3 Å². The minimum Gasteiger partial charge on any atom is -0.508 e. The van der Waals surface area contributed by atoms with E-state index in [1.54, 1.807) is 30.3 Å². The molecule has 10 atom stereocenters. The number of aromatic hydroxyl groups is 1. The second kappa shape index (κ2) is 10.5. The second-order valence-corrected chi connectivity index (χ2v) is 16.8. The van der Waals surface area contributed by atoms with E-state index in [1.165, 1.54) is 11.6 Å². The van der Waals surface area contributed by atoms with E-state index in [4.69, 9.17) is 4.74 Å². The van der Waals surface area contributed by atoms with Crippen LogP contribution >= 0.6 is 0 Å². The van der Waals surface area contributed by atoms with Crippen LogP contribution in [0.2, 0.25) is 0 Å². The molecule has 0 saturated heterocycles. The predicted octanol–water partition coefficient (Wildman–Crippen LogP) is 9.06. The molecular formula is C39H54O5. The zero-order valence-electron chi connectivity index (χ0n) is 28.0. The number of carbonyl (C=O) groups excluding carboxylic acids is 1. The number of fused-ring (bicyclic) bond motifs is 7. The van der Waals surface area contributed by atoms with Crippen LogP contribution in [0.3, 0.4) is 0 Å². The minimum absolute atomic E-state index is 0.00527. The molecule has 0 bridgehead atoms. The van der Waals surface area contributed by atoms with Gasteiger partial charge in [-0.2, -0.15) is 0 Å². The Labute approximate surface area is 264 Å². The molecule has 0 heterocycles. The van der Waals surface area contributed by atoms with E-state index in [2.05, 4.69) is 54.5 Å². The molecule has 0 aromatic heterocycles. The van der Waals surface area contributed by atoms with E-state index in [0.29, 0.717) is 23.7 Å². The number of hydrogen-bond donors (Lipinski definition) is 2. The second-order valence-electron chi connectivity index (χ2n) is 16.8. The van der Waals surface area contributed by atoms with E-state index in [9.17, 15) is 19.8 Å². The van der Waals surface area contributed by atoms with Gasteiger partial charge >= 0.3 is 11.9 Å². The minimum atomic E-state index is -0.609. The number of allylic oxidation sites excluding steroid dienone is 2. The van der Waals surface area contributed by atoms with Crippen LogP contribution in [0.15, 0.2) is 42.0 Å². The number of carboxylic acids is 1. The van der Waals surface area contributed by atoms with Crippen molar-refractivity contribution in [3.8, 4) is 5.75 Å². The molecular weight excluding hydrogens is 548 g/mol. The molecule has 0 radical (unpaired) electrons. The van der Waals surface area contributed by atoms with Gasteiger partial charge in [-0.15, -0.1) is 0 Å². The maximum atomic E-state index is 13.0. The third kappa shape index (κ3) is 4.37. The molecule has 0 amide bonds. The molecule has 240 valence electrons. The lowest BCUT2D eigenvalue weighted by Gasteiger charge is -2.71. The molecule has 2 N–H and O–H groups in total. The summed E-state index contributed by atoms with van der Waals surface area (Å²) < 4.78 is 6.18. The average molecular weight is 603 g/mol. The summed E-state index contributed by atoms with van der Waals surface area (Å²) in [6.45, 7) is 16.9. The summed E-state index contributed by atoms with van der Waals surface area (Å²) in [7, 11) is 0. The highest BCUT2D eigenvalue weighted by atomic mass is 16.5. The van der Waals surface area contributed by atoms with Crippen LogP contribution in [0.5, 0.6) is 5.75 Å². The van der Waals surface area contributed by atoms with Crippen LogP contribution in [0.4, 0.5) is 0 Å². The number of benzene rings is 1. The Morgan fingerprint density at radius 2 is 1.59 bits per heavy atom. The first-order valence-electron chi connectivity index (χ1n) is 17.2. The lowest BCUT2D eigenvalue weighted by atomic mass is 9.33. The fourth-order valence-electron chi connectivity index (χ4n) is 12.0. The molecule has 1 aromatic rings. The van der Waals surface area contributed by atoms with E-state index >= 15 is 0 Å². The highest BCUT2D eigenvalue weighted by Gasteiger charge is 2.69. The van der Waals surface area contributed by atoms with Gasteiger partial charge in [0.2, 0.25) is 0 Å². The Morgan fingerprint density at radius 1 is 0.886 bits per heavy atom. The van der Waals surface area contributed by atoms with E-state index in [-0.39, 0.29) is 45.4 Å². The quantitative estimate of drug-likeness (QED) is 0.204. The molecule has 5 heteroatoms. The van der Waals surface area contributed by atoms with E-state index in [0.717, 1.165) is 63.4 Å². The van der Waals surface area contributed by atoms with Crippen LogP contribution in [-0.4, -0.2) is 28.3 Å². The Morgan fingerprint density at radius 3 is 2.27 bits per heavy atom. The predicted molar refractivity (Wildman–Crippen MR) is 174 cm³/mol. The highest BCUT2D eigenvalue weighted by Crippen LogP contribution is 2.75. The van der Waals surface area contributed by atoms with Crippen molar-refractivity contribution in [1.82, 2.24) is 0 Å². The molecule has 0 aliphatic heterocycles. The monoisotopic (exact) mass is 602 g/mol. The Hall–Kier alpha value is -2.56. The standard InChI is InChI=1S/C39H54O5/c1-24-16-21-39(34(42)43)23-22-37(6)28(33(39)25(24)2)13-14-30-36(5)19-18-31(35(3,4)29(36)17-20-38(30,37)7)44-32(41)15-10-26-8-11-27(40)12-9-26/h8-13,15,24-25,29-31,33,40H,14,16-23H2,1-7H3,(H,42,43). The summed E-state index contributed by atoms with van der Waals surface area (Å²) in [6.07, 6.45) is 14.4. The molecule has 4 saturated carbocycles. The number of carbonyl (C=O) groups is 2. The van der Waals surface area contributed by atoms with Gasteiger partial charge in [-0.05, 0) is 127 Å². The maximum absolute atomic E-state index is 13.0. The summed E-state index contributed by atoms with van der Waals surface area (Å²) >= 11 is 0. The summed E-state index contributed by atoms with van der Waals surface area (Å²) in [5.74, 6) is 1.34. The van der Waals surface area contributed by atoms with Crippen molar-refractivity contribution in [2.45, 2.75) is 112 Å². The van der Waals surface area contributed by atoms with Gasteiger partial charge in [0, 0.05) is 11.5 Å². The molecule has 6 rings (SSSR count). The summed E-state index contributed by atoms with van der Waals surface area (Å²) in [5, 5.41) is 20.2. The number of esters is 1. The van der Waals surface area contributed by atoms with Gasteiger partial charge in [-0.1, -0.05) is 72.2 Å². The largest absolute Gasteiger partial charge is 0.508 e. The van der Waals surface area contributed by atoms with Crippen LogP contribution in [0.1, 0.15) is 112 Å². The fourth-order valence-corrected chi connectivity index (χ4v) is 12.0. The van der Waals surface area contributed by atoms with Crippen molar-refractivity contribution < 1.29 is 24.5 Å². The van der Waals surface area contributed by atoms with Crippen molar-refractivity contribution >= 4 is 18.0 Å². The summed E-state index contributed by atoms with van der Waals surface area (Å²) in [6, 6.07) is 6.79. The molecule has 10 unspecified atom stereocenters. The Bertz CT molecular complexity index is 1370. The first-order chi connectivity index (χ1) is 20.6. The lowest BCUT2D eigenvalue weighted by molar-refractivity contribution is -0.213. The van der Waals surface area contributed by atoms with Gasteiger partial charge in [0.05, 0.1) is 5.41 Å². The molecule has 0 spiro atoms. The van der Waals surface area contributed by atoms with Gasteiger partial charge in [-0.3, -0.25) is 4.79 Å². The summed E-state index contributed by atoms with van der Waals surface area (Å²) in [5.41, 5.74) is 1.81. The zero-order valence-corrected chi connectivity index (χ0v) is 28.0. The van der Waals surface area contributed by atoms with E-state index in [1.807, 2.05) is 0 Å². The number of hydrogen-bond acceptors (Lipinski definition) is 4. The van der Waals surface area contributed by atoms with Crippen molar-refractivity contribution in [3.05, 3.63) is 47.6 Å². The van der Waals surface area contributed by atoms with Crippen LogP contribution in [0.25, 0.3) is 6.08 Å². The average Bonchev–Trinajstić information content (AvgIpc) is 2.96. The van der Waals surface area contributed by atoms with Gasteiger partial charge in [0.25, 0.3) is 0 Å². The maximum Gasteiger partial charge on any atom is 0.331 e. The SMILES string of the molecule is CC1CCC2(C(=O)O)CCC3(C)C(=CCC4C5(C)CCC(OC(=O)C=Cc6ccc(O)cc6)C(C)(C)C5CCC43C)C2C1C. The van der Waals surface area contributed by atoms with Crippen molar-refractivity contribution in [3.63, 3.8) is 0 Å². The van der Waals surface area contributed by atoms with Crippen molar-refractivity contribution in [1.29, 1.82) is 0 Å². The third-order valence-electron chi connectivity index (χ3n) is 14.9. The fraction of sp³-hybridized carbons (Fsp3) is 0.692. The molecule has 1 aromatic carbocycles. The normalized spacial score (nSPS) is 44.4. The van der Waals surface area contributed by atoms with Crippen molar-refractivity contribution in [2.24, 2.45) is 56.7 Å². The molecule has 4 fully saturated rings. The molecule has 5 nitrogen and oxygen atoms in total. The number of rotatable bonds is 4. The zero-order chi connectivity index (χ0) is 31.9. The molecule has 5 aliphatic rings. The van der Waals surface area contributed by atoms with Crippen molar-refractivity contribution in [2.75, 3.05) is 0 Å². The summed E-state index contributed by atoms with van der Waals surface area (Å²) in [4.78, 5) is 26.0. The number of carboxylic acid groups (broad SMARTS) is 1. The highest BCUT2D eigenvalue weighted by molar-refractivity contribution is 5.87. The van der Waals surface area contributed by atoms with Gasteiger partial charge in [0.1, 0.15) is 11.9 Å². The van der Waals surface area contributed by atoms with Gasteiger partial charge in [0.15, 0.2) is 0 Å². The van der Waals surface area contributed by atoms with Gasteiger partial charge in [-0.25, -0.2) is 4.79 Å². The molecule has 44 heavy (non-hydrogen) atoms.